The number of anilines is 1. The molecule has 5 nitrogen and oxygen atoms in total. The first-order valence-electron chi connectivity index (χ1n) is 6.83. The standard InChI is InChI=1S/C15H20N4O/c1-4-5-13-14(18-9-19-15(13)16)11-6-12(8-17-7-11)20-10(2)3/h6-10H,4-5H2,1-3H3,(H2,16,18,19). The van der Waals surface area contributed by atoms with Crippen molar-refractivity contribution >= 4 is 5.82 Å². The molecule has 0 radical (unpaired) electrons. The van der Waals surface area contributed by atoms with Crippen LogP contribution in [0.1, 0.15) is 32.8 Å². The molecule has 0 atom stereocenters. The molecule has 0 aromatic carbocycles. The first kappa shape index (κ1) is 14.2. The Morgan fingerprint density at radius 1 is 1.25 bits per heavy atom. The number of hydrogen-bond acceptors (Lipinski definition) is 5. The first-order chi connectivity index (χ1) is 9.61. The largest absolute Gasteiger partial charge is 0.489 e. The van der Waals surface area contributed by atoms with Crippen molar-refractivity contribution in [3.05, 3.63) is 30.4 Å². The van der Waals surface area contributed by atoms with Crippen molar-refractivity contribution in [1.29, 1.82) is 0 Å². The molecule has 2 rings (SSSR count). The molecule has 2 aromatic heterocycles. The topological polar surface area (TPSA) is 73.9 Å². The van der Waals surface area contributed by atoms with E-state index in [9.17, 15) is 0 Å². The van der Waals surface area contributed by atoms with Gasteiger partial charge in [-0.25, -0.2) is 9.97 Å². The van der Waals surface area contributed by atoms with E-state index in [1.165, 1.54) is 6.33 Å². The van der Waals surface area contributed by atoms with E-state index in [0.29, 0.717) is 5.82 Å². The third-order valence-corrected chi connectivity index (χ3v) is 2.84. The van der Waals surface area contributed by atoms with Gasteiger partial charge in [0.15, 0.2) is 0 Å². The minimum absolute atomic E-state index is 0.109. The molecule has 0 amide bonds. The van der Waals surface area contributed by atoms with Crippen molar-refractivity contribution in [2.45, 2.75) is 39.7 Å². The molecular weight excluding hydrogens is 252 g/mol. The van der Waals surface area contributed by atoms with Crippen LogP contribution in [0.2, 0.25) is 0 Å². The highest BCUT2D eigenvalue weighted by Gasteiger charge is 2.12. The second kappa shape index (κ2) is 6.32. The number of nitrogens with two attached hydrogens (primary N) is 1. The van der Waals surface area contributed by atoms with Crippen molar-refractivity contribution in [1.82, 2.24) is 15.0 Å². The summed E-state index contributed by atoms with van der Waals surface area (Å²) in [5.41, 5.74) is 8.67. The summed E-state index contributed by atoms with van der Waals surface area (Å²) >= 11 is 0. The van der Waals surface area contributed by atoms with Crippen LogP contribution in [0, 0.1) is 0 Å². The van der Waals surface area contributed by atoms with Gasteiger partial charge in [-0.3, -0.25) is 4.98 Å². The molecule has 20 heavy (non-hydrogen) atoms. The monoisotopic (exact) mass is 272 g/mol. The van der Waals surface area contributed by atoms with Gasteiger partial charge in [-0.2, -0.15) is 0 Å². The number of ether oxygens (including phenoxy) is 1. The zero-order chi connectivity index (χ0) is 14.5. The first-order valence-corrected chi connectivity index (χ1v) is 6.83. The highest BCUT2D eigenvalue weighted by Crippen LogP contribution is 2.27. The maximum absolute atomic E-state index is 5.96. The quantitative estimate of drug-likeness (QED) is 0.906. The number of nitrogen functional groups attached to an aromatic ring is 1. The lowest BCUT2D eigenvalue weighted by atomic mass is 10.0. The van der Waals surface area contributed by atoms with Crippen LogP contribution in [-0.2, 0) is 6.42 Å². The summed E-state index contributed by atoms with van der Waals surface area (Å²) in [6.45, 7) is 6.07. The lowest BCUT2D eigenvalue weighted by Crippen LogP contribution is -2.06. The van der Waals surface area contributed by atoms with E-state index in [-0.39, 0.29) is 6.10 Å². The van der Waals surface area contributed by atoms with Gasteiger partial charge in [-0.1, -0.05) is 13.3 Å². The zero-order valence-corrected chi connectivity index (χ0v) is 12.1. The van der Waals surface area contributed by atoms with Crippen LogP contribution >= 0.6 is 0 Å². The number of hydrogen-bond donors (Lipinski definition) is 1. The fraction of sp³-hybridized carbons (Fsp3) is 0.400. The second-order valence-electron chi connectivity index (χ2n) is 4.91. The zero-order valence-electron chi connectivity index (χ0n) is 12.1. The Kier molecular flexibility index (Phi) is 4.50. The molecule has 0 aliphatic heterocycles. The summed E-state index contributed by atoms with van der Waals surface area (Å²) in [4.78, 5) is 12.7. The molecule has 0 unspecified atom stereocenters. The molecule has 0 spiro atoms. The summed E-state index contributed by atoms with van der Waals surface area (Å²) in [5.74, 6) is 1.27. The van der Waals surface area contributed by atoms with Crippen LogP contribution in [0.5, 0.6) is 5.75 Å². The Labute approximate surface area is 119 Å². The molecule has 0 bridgehead atoms. The highest BCUT2D eigenvalue weighted by molar-refractivity contribution is 5.67. The van der Waals surface area contributed by atoms with Crippen LogP contribution in [0.4, 0.5) is 5.82 Å². The molecule has 106 valence electrons. The predicted molar refractivity (Wildman–Crippen MR) is 79.4 cm³/mol. The van der Waals surface area contributed by atoms with Gasteiger partial charge in [0.05, 0.1) is 18.0 Å². The molecule has 2 heterocycles. The Hall–Kier alpha value is -2.17. The van der Waals surface area contributed by atoms with Gasteiger partial charge in [0.1, 0.15) is 17.9 Å². The van der Waals surface area contributed by atoms with Crippen LogP contribution in [0.15, 0.2) is 24.8 Å². The summed E-state index contributed by atoms with van der Waals surface area (Å²) in [5, 5.41) is 0. The maximum atomic E-state index is 5.96. The van der Waals surface area contributed by atoms with Crippen molar-refractivity contribution in [2.75, 3.05) is 5.73 Å². The molecule has 0 aliphatic rings. The van der Waals surface area contributed by atoms with E-state index in [4.69, 9.17) is 10.5 Å². The molecule has 0 aliphatic carbocycles. The molecule has 5 heteroatoms. The lowest BCUT2D eigenvalue weighted by molar-refractivity contribution is 0.241. The van der Waals surface area contributed by atoms with Crippen molar-refractivity contribution in [3.8, 4) is 17.0 Å². The van der Waals surface area contributed by atoms with Crippen LogP contribution in [-0.4, -0.2) is 21.1 Å². The minimum atomic E-state index is 0.109. The van der Waals surface area contributed by atoms with Crippen LogP contribution in [0.25, 0.3) is 11.3 Å². The molecule has 2 N–H and O–H groups in total. The minimum Gasteiger partial charge on any atom is -0.489 e. The fourth-order valence-electron chi connectivity index (χ4n) is 2.06. The van der Waals surface area contributed by atoms with Gasteiger partial charge in [-0.15, -0.1) is 0 Å². The summed E-state index contributed by atoms with van der Waals surface area (Å²) in [6, 6.07) is 1.94. The maximum Gasteiger partial charge on any atom is 0.138 e. The predicted octanol–water partition coefficient (Wildman–Crippen LogP) is 2.86. The fourth-order valence-corrected chi connectivity index (χ4v) is 2.06. The Morgan fingerprint density at radius 2 is 2.05 bits per heavy atom. The molecule has 0 saturated heterocycles. The lowest BCUT2D eigenvalue weighted by Gasteiger charge is -2.12. The Bertz CT molecular complexity index is 584. The van der Waals surface area contributed by atoms with Gasteiger partial charge in [0.25, 0.3) is 0 Å². The van der Waals surface area contributed by atoms with Crippen molar-refractivity contribution < 1.29 is 4.74 Å². The average molecular weight is 272 g/mol. The molecule has 2 aromatic rings. The van der Waals surface area contributed by atoms with Crippen molar-refractivity contribution in [2.24, 2.45) is 0 Å². The number of rotatable bonds is 5. The Balaban J connectivity index is 2.43. The third kappa shape index (κ3) is 3.23. The van der Waals surface area contributed by atoms with Gasteiger partial charge < -0.3 is 10.5 Å². The third-order valence-electron chi connectivity index (χ3n) is 2.84. The summed E-state index contributed by atoms with van der Waals surface area (Å²) < 4.78 is 5.67. The Morgan fingerprint density at radius 3 is 2.75 bits per heavy atom. The SMILES string of the molecule is CCCc1c(N)ncnc1-c1cncc(OC(C)C)c1. The normalized spacial score (nSPS) is 10.8. The number of aromatic nitrogens is 3. The van der Waals surface area contributed by atoms with E-state index < -0.39 is 0 Å². The number of nitrogens with zero attached hydrogens (tertiary/aromatic N) is 3. The summed E-state index contributed by atoms with van der Waals surface area (Å²) in [7, 11) is 0. The average Bonchev–Trinajstić information content (AvgIpc) is 2.41. The number of pyridine rings is 1. The van der Waals surface area contributed by atoms with Crippen molar-refractivity contribution in [3.63, 3.8) is 0 Å². The molecular formula is C15H20N4O. The van der Waals surface area contributed by atoms with Gasteiger partial charge in [0, 0.05) is 17.3 Å². The van der Waals surface area contributed by atoms with Gasteiger partial charge in [0.2, 0.25) is 0 Å². The van der Waals surface area contributed by atoms with E-state index >= 15 is 0 Å². The van der Waals surface area contributed by atoms with Gasteiger partial charge in [-0.05, 0) is 26.3 Å². The van der Waals surface area contributed by atoms with Crippen LogP contribution < -0.4 is 10.5 Å². The van der Waals surface area contributed by atoms with E-state index in [1.54, 1.807) is 12.4 Å². The molecule has 0 saturated carbocycles. The van der Waals surface area contributed by atoms with E-state index in [1.807, 2.05) is 19.9 Å². The summed E-state index contributed by atoms with van der Waals surface area (Å²) in [6.07, 6.45) is 6.90. The molecule has 0 fully saturated rings. The van der Waals surface area contributed by atoms with E-state index in [0.717, 1.165) is 35.4 Å². The second-order valence-corrected chi connectivity index (χ2v) is 4.91. The van der Waals surface area contributed by atoms with Gasteiger partial charge >= 0.3 is 0 Å². The smallest absolute Gasteiger partial charge is 0.138 e. The van der Waals surface area contributed by atoms with Crippen LogP contribution in [0.3, 0.4) is 0 Å². The van der Waals surface area contributed by atoms with E-state index in [2.05, 4.69) is 21.9 Å². The highest BCUT2D eigenvalue weighted by atomic mass is 16.5.